The summed E-state index contributed by atoms with van der Waals surface area (Å²) in [6.07, 6.45) is 6.63. The number of pyridine rings is 1. The van der Waals surface area contributed by atoms with E-state index in [9.17, 15) is 0 Å². The first-order valence-corrected chi connectivity index (χ1v) is 7.03. The molecule has 3 aromatic rings. The van der Waals surface area contributed by atoms with Crippen molar-refractivity contribution in [1.29, 1.82) is 0 Å². The van der Waals surface area contributed by atoms with Gasteiger partial charge in [-0.05, 0) is 35.3 Å². The summed E-state index contributed by atoms with van der Waals surface area (Å²) in [4.78, 5) is 12.0. The van der Waals surface area contributed by atoms with Crippen LogP contribution in [0, 0.1) is 0 Å². The Kier molecular flexibility index (Phi) is 3.10. The topological polar surface area (TPSA) is 59.4 Å². The molecule has 0 fully saturated rings. The van der Waals surface area contributed by atoms with Gasteiger partial charge in [0.05, 0.1) is 17.3 Å². The van der Waals surface area contributed by atoms with Gasteiger partial charge in [-0.15, -0.1) is 0 Å². The fraction of sp³-hybridized carbons (Fsp3) is 0.308. The maximum Gasteiger partial charge on any atom is 0.179 e. The maximum absolute atomic E-state index is 4.49. The van der Waals surface area contributed by atoms with Crippen LogP contribution in [0.4, 0.5) is 0 Å². The molecule has 1 unspecified atom stereocenters. The molecule has 3 rings (SSSR count). The van der Waals surface area contributed by atoms with Crippen molar-refractivity contribution in [2.24, 2.45) is 0 Å². The molecule has 0 amide bonds. The fourth-order valence-corrected chi connectivity index (χ4v) is 2.30. The first-order chi connectivity index (χ1) is 9.19. The van der Waals surface area contributed by atoms with E-state index in [-0.39, 0.29) is 0 Å². The number of H-pyrrole nitrogens is 1. The minimum absolute atomic E-state index is 0.392. The minimum atomic E-state index is 0.392. The molecule has 3 heterocycles. The van der Waals surface area contributed by atoms with Crippen LogP contribution in [0.5, 0.6) is 0 Å². The number of nitrogens with one attached hydrogen (secondary N) is 1. The van der Waals surface area contributed by atoms with Gasteiger partial charge in [0.25, 0.3) is 0 Å². The molecule has 1 N–H and O–H groups in total. The van der Waals surface area contributed by atoms with Crippen molar-refractivity contribution in [1.82, 2.24) is 24.7 Å². The number of nitrogens with zero attached hydrogens (tertiary/aromatic N) is 4. The van der Waals surface area contributed by atoms with E-state index in [1.807, 2.05) is 23.1 Å². The van der Waals surface area contributed by atoms with Crippen LogP contribution in [0.3, 0.4) is 0 Å². The van der Waals surface area contributed by atoms with Gasteiger partial charge < -0.3 is 4.98 Å². The maximum atomic E-state index is 4.49. The highest BCUT2D eigenvalue weighted by Gasteiger charge is 2.11. The van der Waals surface area contributed by atoms with Gasteiger partial charge in [0.15, 0.2) is 5.65 Å². The summed E-state index contributed by atoms with van der Waals surface area (Å²) >= 11 is 3.49. The van der Waals surface area contributed by atoms with Gasteiger partial charge in [0, 0.05) is 22.9 Å². The number of aromatic nitrogens is 5. The molecule has 0 aliphatic heterocycles. The Morgan fingerprint density at radius 2 is 2.32 bits per heavy atom. The summed E-state index contributed by atoms with van der Waals surface area (Å²) in [5.74, 6) is 0.795. The van der Waals surface area contributed by atoms with E-state index in [1.165, 1.54) is 0 Å². The average molecular weight is 320 g/mol. The highest BCUT2D eigenvalue weighted by atomic mass is 79.9. The van der Waals surface area contributed by atoms with E-state index in [0.717, 1.165) is 27.8 Å². The number of halogens is 1. The number of aromatic amines is 1. The average Bonchev–Trinajstić information content (AvgIpc) is 3.04. The first-order valence-electron chi connectivity index (χ1n) is 6.23. The van der Waals surface area contributed by atoms with Gasteiger partial charge in [0.2, 0.25) is 0 Å². The lowest BCUT2D eigenvalue weighted by Gasteiger charge is -2.07. The predicted octanol–water partition coefficient (Wildman–Crippen LogP) is 3.55. The molecule has 0 aromatic carbocycles. The molecule has 0 radical (unpaired) electrons. The Morgan fingerprint density at radius 3 is 3.05 bits per heavy atom. The van der Waals surface area contributed by atoms with Gasteiger partial charge in [-0.25, -0.2) is 9.97 Å². The highest BCUT2D eigenvalue weighted by molar-refractivity contribution is 9.10. The van der Waals surface area contributed by atoms with Crippen molar-refractivity contribution in [3.63, 3.8) is 0 Å². The zero-order valence-electron chi connectivity index (χ0n) is 10.8. The Morgan fingerprint density at radius 1 is 1.47 bits per heavy atom. The second-order valence-electron chi connectivity index (χ2n) is 4.54. The molecule has 0 aliphatic carbocycles. The summed E-state index contributed by atoms with van der Waals surface area (Å²) in [5.41, 5.74) is 2.60. The monoisotopic (exact) mass is 319 g/mol. The summed E-state index contributed by atoms with van der Waals surface area (Å²) in [6.45, 7) is 4.29. The van der Waals surface area contributed by atoms with Crippen molar-refractivity contribution in [3.8, 4) is 11.4 Å². The molecule has 19 heavy (non-hydrogen) atoms. The van der Waals surface area contributed by atoms with Crippen LogP contribution in [0.25, 0.3) is 22.6 Å². The largest absolute Gasteiger partial charge is 0.336 e. The molecule has 3 aromatic heterocycles. The minimum Gasteiger partial charge on any atom is -0.336 e. The van der Waals surface area contributed by atoms with Crippen LogP contribution in [0.1, 0.15) is 26.3 Å². The first kappa shape index (κ1) is 12.3. The normalized spacial score (nSPS) is 13.0. The fourth-order valence-electron chi connectivity index (χ4n) is 1.91. The number of rotatable bonds is 3. The lowest BCUT2D eigenvalue weighted by atomic mass is 10.3. The van der Waals surface area contributed by atoms with Gasteiger partial charge >= 0.3 is 0 Å². The third kappa shape index (κ3) is 2.16. The van der Waals surface area contributed by atoms with Crippen molar-refractivity contribution < 1.29 is 0 Å². The van der Waals surface area contributed by atoms with Gasteiger partial charge in [-0.1, -0.05) is 6.92 Å². The van der Waals surface area contributed by atoms with Crippen LogP contribution in [-0.2, 0) is 0 Å². The molecule has 1 atom stereocenters. The lowest BCUT2D eigenvalue weighted by Crippen LogP contribution is -2.03. The number of hydrogen-bond donors (Lipinski definition) is 1. The third-order valence-electron chi connectivity index (χ3n) is 3.26. The van der Waals surface area contributed by atoms with E-state index < -0.39 is 0 Å². The highest BCUT2D eigenvalue weighted by Crippen LogP contribution is 2.24. The Bertz CT molecular complexity index is 715. The molecule has 0 spiro atoms. The second-order valence-corrected chi connectivity index (χ2v) is 5.40. The zero-order valence-corrected chi connectivity index (χ0v) is 12.3. The SMILES string of the molecule is CCC(C)n1cc(-c2nc3nccc(Br)c3[nH]2)cn1. The smallest absolute Gasteiger partial charge is 0.179 e. The van der Waals surface area contributed by atoms with E-state index in [4.69, 9.17) is 0 Å². The van der Waals surface area contributed by atoms with Crippen LogP contribution in [0.2, 0.25) is 0 Å². The van der Waals surface area contributed by atoms with Crippen LogP contribution >= 0.6 is 15.9 Å². The van der Waals surface area contributed by atoms with Crippen molar-refractivity contribution >= 4 is 27.1 Å². The van der Waals surface area contributed by atoms with Crippen LogP contribution in [0.15, 0.2) is 29.1 Å². The van der Waals surface area contributed by atoms with E-state index >= 15 is 0 Å². The van der Waals surface area contributed by atoms with E-state index in [1.54, 1.807) is 6.20 Å². The van der Waals surface area contributed by atoms with E-state index in [0.29, 0.717) is 11.7 Å². The Labute approximate surface area is 119 Å². The quantitative estimate of drug-likeness (QED) is 0.803. The number of hydrogen-bond acceptors (Lipinski definition) is 3. The zero-order chi connectivity index (χ0) is 13.4. The molecular formula is C13H14BrN5. The summed E-state index contributed by atoms with van der Waals surface area (Å²) in [6, 6.07) is 2.29. The standard InChI is InChI=1S/C13H14BrN5/c1-3-8(2)19-7-9(6-16-19)12-17-11-10(14)4-5-15-13(11)18-12/h4-8H,3H2,1-2H3,(H,15,17,18). The molecule has 0 saturated heterocycles. The summed E-state index contributed by atoms with van der Waals surface area (Å²) in [7, 11) is 0. The molecular weight excluding hydrogens is 306 g/mol. The molecule has 98 valence electrons. The summed E-state index contributed by atoms with van der Waals surface area (Å²) in [5, 5.41) is 4.38. The van der Waals surface area contributed by atoms with Crippen molar-refractivity contribution in [3.05, 3.63) is 29.1 Å². The van der Waals surface area contributed by atoms with Crippen molar-refractivity contribution in [2.45, 2.75) is 26.3 Å². The lowest BCUT2D eigenvalue weighted by molar-refractivity contribution is 0.478. The van der Waals surface area contributed by atoms with Crippen LogP contribution in [-0.4, -0.2) is 24.7 Å². The second kappa shape index (κ2) is 4.77. The molecule has 5 nitrogen and oxygen atoms in total. The third-order valence-corrected chi connectivity index (χ3v) is 3.92. The van der Waals surface area contributed by atoms with Crippen molar-refractivity contribution in [2.75, 3.05) is 0 Å². The van der Waals surface area contributed by atoms with Gasteiger partial charge in [0.1, 0.15) is 5.82 Å². The number of fused-ring (bicyclic) bond motifs is 1. The predicted molar refractivity (Wildman–Crippen MR) is 77.8 cm³/mol. The van der Waals surface area contributed by atoms with Crippen LogP contribution < -0.4 is 0 Å². The molecule has 6 heteroatoms. The molecule has 0 aliphatic rings. The Balaban J connectivity index is 2.04. The number of imidazole rings is 1. The molecule has 0 bridgehead atoms. The van der Waals surface area contributed by atoms with Gasteiger partial charge in [-0.2, -0.15) is 5.10 Å². The molecule has 0 saturated carbocycles. The van der Waals surface area contributed by atoms with Gasteiger partial charge in [-0.3, -0.25) is 4.68 Å². The summed E-state index contributed by atoms with van der Waals surface area (Å²) < 4.78 is 2.93. The van der Waals surface area contributed by atoms with E-state index in [2.05, 4.69) is 49.8 Å². The Hall–Kier alpha value is -1.69.